The van der Waals surface area contributed by atoms with Crippen LogP contribution in [0.4, 0.5) is 0 Å². The Labute approximate surface area is 153 Å². The summed E-state index contributed by atoms with van der Waals surface area (Å²) in [7, 11) is 7.78. The Kier molecular flexibility index (Phi) is 5.52. The lowest BCUT2D eigenvalue weighted by molar-refractivity contribution is -0.135. The number of hydrogen-bond acceptors (Lipinski definition) is 4. The minimum absolute atomic E-state index is 0.227. The van der Waals surface area contributed by atoms with Gasteiger partial charge < -0.3 is 15.5 Å². The van der Waals surface area contributed by atoms with Gasteiger partial charge in [0.1, 0.15) is 43.7 Å². The zero-order chi connectivity index (χ0) is 18.9. The Bertz CT molecular complexity index is 863. The number of pyridine rings is 1. The van der Waals surface area contributed by atoms with Crippen LogP contribution < -0.4 is 27.2 Å². The van der Waals surface area contributed by atoms with Gasteiger partial charge in [-0.05, 0) is 11.6 Å². The maximum Gasteiger partial charge on any atom is 0.322 e. The van der Waals surface area contributed by atoms with E-state index >= 15 is 0 Å². The average molecular weight is 354 g/mol. The highest BCUT2D eigenvalue weighted by atomic mass is 35.5. The molecule has 0 saturated heterocycles. The van der Waals surface area contributed by atoms with Crippen molar-refractivity contribution >= 4 is 76.7 Å². The predicted octanol–water partition coefficient (Wildman–Crippen LogP) is -5.04. The van der Waals surface area contributed by atoms with E-state index in [2.05, 4.69) is 10.3 Å². The van der Waals surface area contributed by atoms with Crippen molar-refractivity contribution in [1.82, 2.24) is 10.3 Å². The van der Waals surface area contributed by atoms with Crippen molar-refractivity contribution in [1.29, 1.82) is 0 Å². The zero-order valence-electron chi connectivity index (χ0n) is 14.4. The van der Waals surface area contributed by atoms with E-state index in [0.717, 1.165) is 27.4 Å². The van der Waals surface area contributed by atoms with Crippen LogP contribution in [0.3, 0.4) is 0 Å². The number of benzene rings is 1. The summed E-state index contributed by atoms with van der Waals surface area (Å²) in [6.07, 6.45) is 1.47. The number of carbonyl (C=O) groups is 2. The van der Waals surface area contributed by atoms with Crippen molar-refractivity contribution in [2.24, 2.45) is 0 Å². The van der Waals surface area contributed by atoms with E-state index in [0.29, 0.717) is 10.6 Å². The second-order valence-corrected chi connectivity index (χ2v) is 6.24. The first kappa shape index (κ1) is 19.0. The molecule has 1 heterocycles. The normalized spacial score (nSPS) is 10.4. The lowest BCUT2D eigenvalue weighted by atomic mass is 9.65. The number of aliphatic carboxylic acids is 1. The molecule has 1 aromatic carbocycles. The Morgan fingerprint density at radius 2 is 1.76 bits per heavy atom. The molecule has 2 aromatic rings. The van der Waals surface area contributed by atoms with Crippen molar-refractivity contribution in [2.45, 2.75) is 0 Å². The number of carbonyl (C=O) groups excluding carboxylic acids is 1. The van der Waals surface area contributed by atoms with Gasteiger partial charge in [0.25, 0.3) is 5.91 Å². The molecule has 0 bridgehead atoms. The highest BCUT2D eigenvalue weighted by Gasteiger charge is 2.18. The molecule has 0 radical (unpaired) electrons. The largest absolute Gasteiger partial charge is 0.505 e. The first-order chi connectivity index (χ1) is 11.6. The lowest BCUT2D eigenvalue weighted by Gasteiger charge is -2.19. The van der Waals surface area contributed by atoms with Crippen LogP contribution in [-0.4, -0.2) is 65.0 Å². The highest BCUT2D eigenvalue weighted by Crippen LogP contribution is 2.23. The SMILES string of the molecule is Bc1c(B)c(Cl)c(B)c(-c2cnc(C(=O)NCC(=O)O)c(O)c2)c1B. The molecule has 1 amide bonds. The molecule has 0 aliphatic carbocycles. The molecule has 2 rings (SSSR count). The van der Waals surface area contributed by atoms with Crippen LogP contribution in [0.25, 0.3) is 11.1 Å². The Balaban J connectivity index is 2.49. The predicted molar refractivity (Wildman–Crippen MR) is 109 cm³/mol. The minimum atomic E-state index is -1.18. The number of nitrogens with one attached hydrogen (secondary N) is 1. The molecule has 0 saturated carbocycles. The molecule has 0 atom stereocenters. The number of amides is 1. The molecule has 6 nitrogen and oxygen atoms in total. The molecule has 0 fully saturated rings. The van der Waals surface area contributed by atoms with Gasteiger partial charge in [-0.1, -0.05) is 33.5 Å². The Morgan fingerprint density at radius 1 is 1.12 bits per heavy atom. The summed E-state index contributed by atoms with van der Waals surface area (Å²) in [4.78, 5) is 26.4. The van der Waals surface area contributed by atoms with Crippen molar-refractivity contribution in [3.63, 3.8) is 0 Å². The summed E-state index contributed by atoms with van der Waals surface area (Å²) in [6.45, 7) is -0.549. The van der Waals surface area contributed by atoms with Gasteiger partial charge in [0.2, 0.25) is 0 Å². The minimum Gasteiger partial charge on any atom is -0.505 e. The number of rotatable bonds is 4. The Morgan fingerprint density at radius 3 is 2.32 bits per heavy atom. The molecule has 1 aromatic heterocycles. The lowest BCUT2D eigenvalue weighted by Crippen LogP contribution is -2.45. The van der Waals surface area contributed by atoms with Gasteiger partial charge in [-0.2, -0.15) is 0 Å². The van der Waals surface area contributed by atoms with E-state index in [9.17, 15) is 14.7 Å². The van der Waals surface area contributed by atoms with Crippen LogP contribution in [-0.2, 0) is 4.79 Å². The van der Waals surface area contributed by atoms with Crippen molar-refractivity contribution in [2.75, 3.05) is 6.54 Å². The Hall–Kier alpha value is -2.34. The number of hydrogen-bond donors (Lipinski definition) is 3. The van der Waals surface area contributed by atoms with Crippen LogP contribution in [0, 0.1) is 0 Å². The van der Waals surface area contributed by atoms with E-state index in [1.54, 1.807) is 0 Å². The van der Waals surface area contributed by atoms with E-state index in [1.165, 1.54) is 12.3 Å². The van der Waals surface area contributed by atoms with Crippen LogP contribution >= 0.6 is 11.6 Å². The van der Waals surface area contributed by atoms with E-state index in [1.807, 2.05) is 31.4 Å². The maximum atomic E-state index is 11.9. The molecule has 0 aliphatic rings. The number of aromatic nitrogens is 1. The van der Waals surface area contributed by atoms with Crippen LogP contribution in [0.1, 0.15) is 10.5 Å². The molecule has 3 N–H and O–H groups in total. The fourth-order valence-electron chi connectivity index (χ4n) is 2.74. The third-order valence-electron chi connectivity index (χ3n) is 4.30. The molecule has 0 aliphatic heterocycles. The van der Waals surface area contributed by atoms with Crippen molar-refractivity contribution < 1.29 is 19.8 Å². The number of aromatic hydroxyl groups is 1. The summed E-state index contributed by atoms with van der Waals surface area (Å²) in [5.41, 5.74) is 5.20. The van der Waals surface area contributed by atoms with Gasteiger partial charge in [-0.15, -0.1) is 0 Å². The van der Waals surface area contributed by atoms with Crippen molar-refractivity contribution in [3.8, 4) is 16.9 Å². The summed E-state index contributed by atoms with van der Waals surface area (Å²) in [5.74, 6) is -2.26. The van der Waals surface area contributed by atoms with Gasteiger partial charge in [-0.3, -0.25) is 9.59 Å². The van der Waals surface area contributed by atoms with Gasteiger partial charge in [0, 0.05) is 16.8 Å². The first-order valence-electron chi connectivity index (χ1n) is 7.60. The summed E-state index contributed by atoms with van der Waals surface area (Å²) in [6, 6.07) is 1.43. The van der Waals surface area contributed by atoms with Crippen LogP contribution in [0.15, 0.2) is 12.3 Å². The van der Waals surface area contributed by atoms with E-state index < -0.39 is 18.4 Å². The van der Waals surface area contributed by atoms with Gasteiger partial charge in [0.05, 0.1) is 0 Å². The molecule has 25 heavy (non-hydrogen) atoms. The number of carboxylic acid groups (broad SMARTS) is 1. The smallest absolute Gasteiger partial charge is 0.322 e. The van der Waals surface area contributed by atoms with Crippen molar-refractivity contribution in [3.05, 3.63) is 23.0 Å². The second kappa shape index (κ2) is 7.27. The van der Waals surface area contributed by atoms with Crippen LogP contribution in [0.2, 0.25) is 5.02 Å². The fraction of sp³-hybridized carbons (Fsp3) is 0.0714. The topological polar surface area (TPSA) is 99.5 Å². The quantitative estimate of drug-likeness (QED) is 0.478. The molecular weight excluding hydrogens is 339 g/mol. The molecule has 0 spiro atoms. The third-order valence-corrected chi connectivity index (χ3v) is 4.87. The second-order valence-electron chi connectivity index (χ2n) is 5.86. The fourth-order valence-corrected chi connectivity index (χ4v) is 2.98. The van der Waals surface area contributed by atoms with Gasteiger partial charge >= 0.3 is 5.97 Å². The standard InChI is InChI=1S/C14H15B4ClN2O4/c15-8-7(9(16)12(19)11(18)10(8)17)4-1-5(22)13(20-2-4)14(25)21-3-6(23)24/h1-2,22H,3,15-18H2,(H,21,25)(H,23,24). The van der Waals surface area contributed by atoms with E-state index in [4.69, 9.17) is 16.7 Å². The zero-order valence-corrected chi connectivity index (χ0v) is 15.2. The highest BCUT2D eigenvalue weighted by molar-refractivity contribution is 6.66. The van der Waals surface area contributed by atoms with E-state index in [-0.39, 0.29) is 11.4 Å². The third kappa shape index (κ3) is 3.69. The summed E-state index contributed by atoms with van der Waals surface area (Å²) in [5, 5.41) is 21.6. The van der Waals surface area contributed by atoms with Crippen LogP contribution in [0.5, 0.6) is 5.75 Å². The number of halogens is 1. The van der Waals surface area contributed by atoms with Gasteiger partial charge in [0.15, 0.2) is 5.69 Å². The summed E-state index contributed by atoms with van der Waals surface area (Å²) >= 11 is 6.40. The molecule has 11 heteroatoms. The monoisotopic (exact) mass is 354 g/mol. The molecular formula is C14H15B4ClN2O4. The number of carboxylic acids is 1. The summed E-state index contributed by atoms with van der Waals surface area (Å²) < 4.78 is 0. The maximum absolute atomic E-state index is 11.9. The van der Waals surface area contributed by atoms with Gasteiger partial charge in [-0.25, -0.2) is 4.98 Å². The average Bonchev–Trinajstić information content (AvgIpc) is 2.56. The molecule has 124 valence electrons. The number of nitrogens with zero attached hydrogens (tertiary/aromatic N) is 1. The first-order valence-corrected chi connectivity index (χ1v) is 7.98. The molecule has 0 unspecified atom stereocenters.